The lowest BCUT2D eigenvalue weighted by Crippen LogP contribution is -2.03. The van der Waals surface area contributed by atoms with Crippen LogP contribution in [0, 0.1) is 12.7 Å². The molecule has 19 heavy (non-hydrogen) atoms. The SMILES string of the molecule is CC(=O)c1cc(F)ccc1OCc1ccccc1C. The Morgan fingerprint density at radius 2 is 1.95 bits per heavy atom. The summed E-state index contributed by atoms with van der Waals surface area (Å²) in [6, 6.07) is 11.8. The van der Waals surface area contributed by atoms with Crippen LogP contribution in [-0.2, 0) is 6.61 Å². The first-order chi connectivity index (χ1) is 9.08. The van der Waals surface area contributed by atoms with Gasteiger partial charge in [-0.25, -0.2) is 4.39 Å². The summed E-state index contributed by atoms with van der Waals surface area (Å²) in [5, 5.41) is 0. The Hall–Kier alpha value is -2.16. The maximum absolute atomic E-state index is 13.1. The number of Topliss-reactive ketones (excluding diaryl/α,β-unsaturated/α-hetero) is 1. The van der Waals surface area contributed by atoms with Crippen LogP contribution in [0.3, 0.4) is 0 Å². The lowest BCUT2D eigenvalue weighted by molar-refractivity contribution is 0.101. The summed E-state index contributed by atoms with van der Waals surface area (Å²) in [6.07, 6.45) is 0. The Labute approximate surface area is 111 Å². The molecule has 0 N–H and O–H groups in total. The lowest BCUT2D eigenvalue weighted by Gasteiger charge is -2.11. The zero-order chi connectivity index (χ0) is 13.8. The average molecular weight is 258 g/mol. The van der Waals surface area contributed by atoms with Crippen molar-refractivity contribution in [2.24, 2.45) is 0 Å². The first kappa shape index (κ1) is 13.3. The number of ketones is 1. The monoisotopic (exact) mass is 258 g/mol. The number of ether oxygens (including phenoxy) is 1. The molecule has 0 unspecified atom stereocenters. The molecule has 0 aliphatic rings. The van der Waals surface area contributed by atoms with Crippen molar-refractivity contribution in [2.75, 3.05) is 0 Å². The molecule has 0 aromatic heterocycles. The molecule has 0 fully saturated rings. The molecule has 0 amide bonds. The summed E-state index contributed by atoms with van der Waals surface area (Å²) < 4.78 is 18.8. The van der Waals surface area contributed by atoms with E-state index >= 15 is 0 Å². The van der Waals surface area contributed by atoms with E-state index in [9.17, 15) is 9.18 Å². The van der Waals surface area contributed by atoms with Gasteiger partial charge in [-0.1, -0.05) is 24.3 Å². The van der Waals surface area contributed by atoms with Gasteiger partial charge in [0.05, 0.1) is 5.56 Å². The van der Waals surface area contributed by atoms with Crippen molar-refractivity contribution in [3.63, 3.8) is 0 Å². The molecule has 2 rings (SSSR count). The minimum Gasteiger partial charge on any atom is -0.488 e. The van der Waals surface area contributed by atoms with Crippen LogP contribution < -0.4 is 4.74 Å². The Morgan fingerprint density at radius 3 is 2.63 bits per heavy atom. The third kappa shape index (κ3) is 3.19. The van der Waals surface area contributed by atoms with Crippen molar-refractivity contribution in [3.05, 3.63) is 65.0 Å². The number of carbonyl (C=O) groups is 1. The van der Waals surface area contributed by atoms with Gasteiger partial charge in [-0.3, -0.25) is 4.79 Å². The molecule has 2 nitrogen and oxygen atoms in total. The van der Waals surface area contributed by atoms with Gasteiger partial charge in [0.2, 0.25) is 0 Å². The molecule has 98 valence electrons. The maximum Gasteiger partial charge on any atom is 0.163 e. The quantitative estimate of drug-likeness (QED) is 0.777. The van der Waals surface area contributed by atoms with Crippen molar-refractivity contribution < 1.29 is 13.9 Å². The van der Waals surface area contributed by atoms with Crippen LogP contribution in [0.4, 0.5) is 4.39 Å². The van der Waals surface area contributed by atoms with E-state index in [0.29, 0.717) is 12.4 Å². The van der Waals surface area contributed by atoms with E-state index in [4.69, 9.17) is 4.74 Å². The number of hydrogen-bond acceptors (Lipinski definition) is 2. The van der Waals surface area contributed by atoms with Crippen LogP contribution in [0.25, 0.3) is 0 Å². The van der Waals surface area contributed by atoms with Gasteiger partial charge in [0.1, 0.15) is 18.2 Å². The fraction of sp³-hybridized carbons (Fsp3) is 0.188. The van der Waals surface area contributed by atoms with Crippen molar-refractivity contribution in [3.8, 4) is 5.75 Å². The number of carbonyl (C=O) groups excluding carboxylic acids is 1. The highest BCUT2D eigenvalue weighted by atomic mass is 19.1. The van der Waals surface area contributed by atoms with Crippen molar-refractivity contribution >= 4 is 5.78 Å². The van der Waals surface area contributed by atoms with Crippen LogP contribution in [-0.4, -0.2) is 5.78 Å². The van der Waals surface area contributed by atoms with E-state index in [1.54, 1.807) is 0 Å². The van der Waals surface area contributed by atoms with Gasteiger partial charge in [0.15, 0.2) is 5.78 Å². The molecule has 2 aromatic rings. The van der Waals surface area contributed by atoms with Crippen molar-refractivity contribution in [1.29, 1.82) is 0 Å². The van der Waals surface area contributed by atoms with Gasteiger partial charge < -0.3 is 4.74 Å². The van der Waals surface area contributed by atoms with E-state index < -0.39 is 5.82 Å². The molecule has 0 aliphatic heterocycles. The molecule has 0 atom stereocenters. The first-order valence-electron chi connectivity index (χ1n) is 6.05. The molecule has 0 bridgehead atoms. The Bertz CT molecular complexity index is 605. The zero-order valence-electron chi connectivity index (χ0n) is 10.9. The molecule has 3 heteroatoms. The molecule has 0 saturated carbocycles. The third-order valence-corrected chi connectivity index (χ3v) is 2.97. The van der Waals surface area contributed by atoms with Crippen LogP contribution in [0.1, 0.15) is 28.4 Å². The first-order valence-corrected chi connectivity index (χ1v) is 6.05. The molecule has 0 heterocycles. The maximum atomic E-state index is 13.1. The topological polar surface area (TPSA) is 26.3 Å². The van der Waals surface area contributed by atoms with E-state index in [0.717, 1.165) is 11.1 Å². The summed E-state index contributed by atoms with van der Waals surface area (Å²) in [6.45, 7) is 3.75. The summed E-state index contributed by atoms with van der Waals surface area (Å²) in [5.41, 5.74) is 2.43. The van der Waals surface area contributed by atoms with E-state index in [2.05, 4.69) is 0 Å². The fourth-order valence-corrected chi connectivity index (χ4v) is 1.83. The number of aryl methyl sites for hydroxylation is 1. The number of benzene rings is 2. The van der Waals surface area contributed by atoms with Gasteiger partial charge in [0.25, 0.3) is 0 Å². The largest absolute Gasteiger partial charge is 0.488 e. The summed E-state index contributed by atoms with van der Waals surface area (Å²) in [4.78, 5) is 11.5. The van der Waals surface area contributed by atoms with Crippen molar-refractivity contribution in [2.45, 2.75) is 20.5 Å². The minimum absolute atomic E-state index is 0.209. The Morgan fingerprint density at radius 1 is 1.21 bits per heavy atom. The van der Waals surface area contributed by atoms with E-state index in [1.165, 1.54) is 25.1 Å². The van der Waals surface area contributed by atoms with E-state index in [-0.39, 0.29) is 11.3 Å². The van der Waals surface area contributed by atoms with Gasteiger partial charge in [-0.15, -0.1) is 0 Å². The van der Waals surface area contributed by atoms with E-state index in [1.807, 2.05) is 31.2 Å². The van der Waals surface area contributed by atoms with Crippen molar-refractivity contribution in [1.82, 2.24) is 0 Å². The standard InChI is InChI=1S/C16H15FO2/c1-11-5-3-4-6-13(11)10-19-16-8-7-14(17)9-15(16)12(2)18/h3-9H,10H2,1-2H3. The highest BCUT2D eigenvalue weighted by molar-refractivity contribution is 5.96. The third-order valence-electron chi connectivity index (χ3n) is 2.97. The zero-order valence-corrected chi connectivity index (χ0v) is 10.9. The van der Waals surface area contributed by atoms with Crippen LogP contribution in [0.2, 0.25) is 0 Å². The van der Waals surface area contributed by atoms with Crippen LogP contribution >= 0.6 is 0 Å². The molecule has 0 saturated heterocycles. The normalized spacial score (nSPS) is 10.3. The van der Waals surface area contributed by atoms with Crippen LogP contribution in [0.15, 0.2) is 42.5 Å². The molecular formula is C16H15FO2. The molecule has 0 aliphatic carbocycles. The molecular weight excluding hydrogens is 243 g/mol. The Kier molecular flexibility index (Phi) is 3.95. The lowest BCUT2D eigenvalue weighted by atomic mass is 10.1. The Balaban J connectivity index is 2.20. The second-order valence-electron chi connectivity index (χ2n) is 4.41. The van der Waals surface area contributed by atoms with Crippen LogP contribution in [0.5, 0.6) is 5.75 Å². The second kappa shape index (κ2) is 5.65. The highest BCUT2D eigenvalue weighted by Gasteiger charge is 2.10. The van der Waals surface area contributed by atoms with Gasteiger partial charge in [0, 0.05) is 0 Å². The van der Waals surface area contributed by atoms with Gasteiger partial charge in [-0.05, 0) is 43.2 Å². The fourth-order valence-electron chi connectivity index (χ4n) is 1.83. The second-order valence-corrected chi connectivity index (χ2v) is 4.41. The summed E-state index contributed by atoms with van der Waals surface area (Å²) in [7, 11) is 0. The number of rotatable bonds is 4. The average Bonchev–Trinajstić information content (AvgIpc) is 2.38. The van der Waals surface area contributed by atoms with Gasteiger partial charge in [-0.2, -0.15) is 0 Å². The van der Waals surface area contributed by atoms with Gasteiger partial charge >= 0.3 is 0 Å². The summed E-state index contributed by atoms with van der Waals surface area (Å²) in [5.74, 6) is -0.232. The minimum atomic E-state index is -0.437. The molecule has 0 radical (unpaired) electrons. The number of hydrogen-bond donors (Lipinski definition) is 0. The highest BCUT2D eigenvalue weighted by Crippen LogP contribution is 2.22. The summed E-state index contributed by atoms with van der Waals surface area (Å²) >= 11 is 0. The predicted molar refractivity (Wildman–Crippen MR) is 71.9 cm³/mol. The molecule has 2 aromatic carbocycles. The molecule has 0 spiro atoms. The number of halogens is 1. The predicted octanol–water partition coefficient (Wildman–Crippen LogP) is 3.92. The smallest absolute Gasteiger partial charge is 0.163 e.